The molecule has 5 heavy (non-hydrogen) atoms. The SMILES string of the molecule is C/C=C/OO. The summed E-state index contributed by atoms with van der Waals surface area (Å²) < 4.78 is 0. The van der Waals surface area contributed by atoms with E-state index in [1.54, 1.807) is 13.0 Å². The molecule has 0 unspecified atom stereocenters. The summed E-state index contributed by atoms with van der Waals surface area (Å²) in [7, 11) is 0. The minimum absolute atomic E-state index is 1.18. The highest BCUT2D eigenvalue weighted by Gasteiger charge is 1.49. The molecule has 0 aliphatic carbocycles. The minimum Gasteiger partial charge on any atom is -0.349 e. The molecule has 0 saturated heterocycles. The standard InChI is InChI=1S/C3H6O2/c1-2-3-5-4/h2-4H,1H3/b3-2+. The van der Waals surface area contributed by atoms with E-state index >= 15 is 0 Å². The van der Waals surface area contributed by atoms with E-state index in [9.17, 15) is 0 Å². The molecule has 2 heteroatoms. The second-order valence-electron chi connectivity index (χ2n) is 0.575. The Bertz CT molecular complexity index is 31.9. The Morgan fingerprint density at radius 2 is 2.40 bits per heavy atom. The van der Waals surface area contributed by atoms with Crippen molar-refractivity contribution in [2.45, 2.75) is 6.92 Å². The van der Waals surface area contributed by atoms with Crippen molar-refractivity contribution in [3.8, 4) is 0 Å². The average molecular weight is 74.1 g/mol. The molecule has 0 atom stereocenters. The fraction of sp³-hybridized carbons (Fsp3) is 0.333. The number of allylic oxidation sites excluding steroid dienone is 1. The second kappa shape index (κ2) is 3.50. The third kappa shape index (κ3) is 3.50. The maximum Gasteiger partial charge on any atom is 0.125 e. The van der Waals surface area contributed by atoms with Gasteiger partial charge in [-0.3, -0.25) is 0 Å². The van der Waals surface area contributed by atoms with Crippen LogP contribution < -0.4 is 0 Å². The Balaban J connectivity index is 2.62. The number of hydrogen-bond donors (Lipinski definition) is 1. The Morgan fingerprint density at radius 3 is 2.40 bits per heavy atom. The first kappa shape index (κ1) is 4.50. The van der Waals surface area contributed by atoms with Crippen LogP contribution in [0.1, 0.15) is 6.92 Å². The Labute approximate surface area is 30.6 Å². The molecule has 0 saturated carbocycles. The molecular formula is C3H6O2. The van der Waals surface area contributed by atoms with Crippen molar-refractivity contribution in [2.75, 3.05) is 0 Å². The van der Waals surface area contributed by atoms with Crippen LogP contribution in [0, 0.1) is 0 Å². The predicted molar refractivity (Wildman–Crippen MR) is 18.5 cm³/mol. The van der Waals surface area contributed by atoms with Crippen molar-refractivity contribution >= 4 is 0 Å². The summed E-state index contributed by atoms with van der Waals surface area (Å²) in [4.78, 5) is 3.51. The van der Waals surface area contributed by atoms with Gasteiger partial charge in [0.2, 0.25) is 0 Å². The van der Waals surface area contributed by atoms with E-state index in [0.717, 1.165) is 0 Å². The van der Waals surface area contributed by atoms with Crippen molar-refractivity contribution in [2.24, 2.45) is 0 Å². The molecule has 1 N–H and O–H groups in total. The van der Waals surface area contributed by atoms with Gasteiger partial charge in [0.15, 0.2) is 0 Å². The molecular weight excluding hydrogens is 68.0 g/mol. The molecule has 0 bridgehead atoms. The molecule has 0 fully saturated rings. The molecule has 0 aliphatic rings. The van der Waals surface area contributed by atoms with Gasteiger partial charge in [-0.1, -0.05) is 0 Å². The summed E-state index contributed by atoms with van der Waals surface area (Å²) in [5.41, 5.74) is 0. The molecule has 0 spiro atoms. The van der Waals surface area contributed by atoms with Gasteiger partial charge in [0.25, 0.3) is 0 Å². The van der Waals surface area contributed by atoms with Crippen LogP contribution in [0.2, 0.25) is 0 Å². The normalized spacial score (nSPS) is 9.20. The fourth-order valence-electron chi connectivity index (χ4n) is 0.0609. The van der Waals surface area contributed by atoms with Crippen LogP contribution in [0.3, 0.4) is 0 Å². The van der Waals surface area contributed by atoms with E-state index in [4.69, 9.17) is 5.26 Å². The summed E-state index contributed by atoms with van der Waals surface area (Å²) in [5, 5.41) is 7.48. The Hall–Kier alpha value is -0.500. The summed E-state index contributed by atoms with van der Waals surface area (Å²) in [6.07, 6.45) is 2.76. The highest BCUT2D eigenvalue weighted by Crippen LogP contribution is 1.63. The first-order valence-electron chi connectivity index (χ1n) is 1.33. The zero-order valence-corrected chi connectivity index (χ0v) is 3.01. The minimum atomic E-state index is 1.18. The maximum atomic E-state index is 7.48. The lowest BCUT2D eigenvalue weighted by Crippen LogP contribution is -1.59. The third-order valence-corrected chi connectivity index (χ3v) is 0.197. The highest BCUT2D eigenvalue weighted by molar-refractivity contribution is 4.62. The van der Waals surface area contributed by atoms with Crippen molar-refractivity contribution in [1.29, 1.82) is 0 Å². The van der Waals surface area contributed by atoms with Crippen LogP contribution in [0.4, 0.5) is 0 Å². The van der Waals surface area contributed by atoms with Crippen molar-refractivity contribution < 1.29 is 10.1 Å². The predicted octanol–water partition coefficient (Wildman–Crippen LogP) is 1.01. The van der Waals surface area contributed by atoms with Crippen LogP contribution in [0.5, 0.6) is 0 Å². The number of rotatable bonds is 1. The lowest BCUT2D eigenvalue weighted by Gasteiger charge is -1.73. The largest absolute Gasteiger partial charge is 0.349 e. The maximum absolute atomic E-state index is 7.48. The topological polar surface area (TPSA) is 29.5 Å². The van der Waals surface area contributed by atoms with Gasteiger partial charge in [-0.2, -0.15) is 0 Å². The van der Waals surface area contributed by atoms with Gasteiger partial charge < -0.3 is 4.89 Å². The lowest BCUT2D eigenvalue weighted by atomic mass is 10.7. The van der Waals surface area contributed by atoms with Gasteiger partial charge in [-0.25, -0.2) is 5.26 Å². The first-order valence-corrected chi connectivity index (χ1v) is 1.33. The molecule has 0 amide bonds. The third-order valence-electron chi connectivity index (χ3n) is 0.197. The van der Waals surface area contributed by atoms with Crippen LogP contribution in [-0.2, 0) is 4.89 Å². The van der Waals surface area contributed by atoms with Gasteiger partial charge in [0.05, 0.1) is 0 Å². The van der Waals surface area contributed by atoms with E-state index in [1.165, 1.54) is 6.26 Å². The molecule has 0 rings (SSSR count). The highest BCUT2D eigenvalue weighted by atomic mass is 17.1. The Morgan fingerprint density at radius 1 is 1.80 bits per heavy atom. The number of hydrogen-bond acceptors (Lipinski definition) is 2. The van der Waals surface area contributed by atoms with Crippen LogP contribution in [-0.4, -0.2) is 5.26 Å². The van der Waals surface area contributed by atoms with Gasteiger partial charge in [-0.15, -0.1) is 0 Å². The molecule has 0 aromatic rings. The van der Waals surface area contributed by atoms with Crippen LogP contribution in [0.15, 0.2) is 12.3 Å². The molecule has 0 aromatic heterocycles. The summed E-state index contributed by atoms with van der Waals surface area (Å²) in [5.74, 6) is 0. The smallest absolute Gasteiger partial charge is 0.125 e. The summed E-state index contributed by atoms with van der Waals surface area (Å²) in [6, 6.07) is 0. The first-order chi connectivity index (χ1) is 2.41. The average Bonchev–Trinajstić information content (AvgIpc) is 1.41. The molecule has 0 heterocycles. The van der Waals surface area contributed by atoms with Gasteiger partial charge >= 0.3 is 0 Å². The molecule has 0 aliphatic heterocycles. The van der Waals surface area contributed by atoms with Gasteiger partial charge in [0, 0.05) is 0 Å². The van der Waals surface area contributed by atoms with Crippen molar-refractivity contribution in [3.05, 3.63) is 12.3 Å². The zero-order chi connectivity index (χ0) is 4.12. The van der Waals surface area contributed by atoms with E-state index in [0.29, 0.717) is 0 Å². The summed E-state index contributed by atoms with van der Waals surface area (Å²) >= 11 is 0. The summed E-state index contributed by atoms with van der Waals surface area (Å²) in [6.45, 7) is 1.75. The van der Waals surface area contributed by atoms with Gasteiger partial charge in [0.1, 0.15) is 6.26 Å². The second-order valence-corrected chi connectivity index (χ2v) is 0.575. The molecule has 30 valence electrons. The van der Waals surface area contributed by atoms with Crippen molar-refractivity contribution in [1.82, 2.24) is 0 Å². The molecule has 0 radical (unpaired) electrons. The van der Waals surface area contributed by atoms with E-state index in [2.05, 4.69) is 4.89 Å². The van der Waals surface area contributed by atoms with Gasteiger partial charge in [-0.05, 0) is 13.0 Å². The van der Waals surface area contributed by atoms with Crippen molar-refractivity contribution in [3.63, 3.8) is 0 Å². The Kier molecular flexibility index (Phi) is 3.15. The molecule has 0 aromatic carbocycles. The fourth-order valence-corrected chi connectivity index (χ4v) is 0.0609. The lowest BCUT2D eigenvalue weighted by molar-refractivity contribution is -0.186. The van der Waals surface area contributed by atoms with Crippen LogP contribution >= 0.6 is 0 Å². The monoisotopic (exact) mass is 74.0 g/mol. The van der Waals surface area contributed by atoms with E-state index in [-0.39, 0.29) is 0 Å². The van der Waals surface area contributed by atoms with Crippen LogP contribution in [0.25, 0.3) is 0 Å². The zero-order valence-electron chi connectivity index (χ0n) is 3.01. The molecule has 2 nitrogen and oxygen atoms in total. The quantitative estimate of drug-likeness (QED) is 0.286. The van der Waals surface area contributed by atoms with E-state index in [1.807, 2.05) is 0 Å². The van der Waals surface area contributed by atoms with E-state index < -0.39 is 0 Å².